The Kier molecular flexibility index (Phi) is 3.87. The lowest BCUT2D eigenvalue weighted by molar-refractivity contribution is 0.212. The Morgan fingerprint density at radius 3 is 1.61 bits per heavy atom. The molecule has 0 N–H and O–H groups in total. The second-order valence-electron chi connectivity index (χ2n) is 9.98. The van der Waals surface area contributed by atoms with Gasteiger partial charge in [-0.3, -0.25) is 0 Å². The standard InChI is InChI=1S/C31H28/c1-29(2)21-23-13-9-10-18-26(23)31(29)22-30(24-14-5-3-6-15-24,25-16-7-4-8-17-25)27-19-11-12-20-28(27)31/h3-20H,21-22H2,1-2H3. The monoisotopic (exact) mass is 400 g/mol. The summed E-state index contributed by atoms with van der Waals surface area (Å²) >= 11 is 0. The van der Waals surface area contributed by atoms with Crippen molar-refractivity contribution in [1.82, 2.24) is 0 Å². The zero-order valence-electron chi connectivity index (χ0n) is 18.3. The summed E-state index contributed by atoms with van der Waals surface area (Å²) in [5, 5.41) is 0. The average molecular weight is 401 g/mol. The van der Waals surface area contributed by atoms with Crippen LogP contribution < -0.4 is 0 Å². The van der Waals surface area contributed by atoms with Crippen LogP contribution in [0.15, 0.2) is 109 Å². The Hall–Kier alpha value is -3.12. The SMILES string of the molecule is CC1(C)Cc2ccccc2C12CC(c1ccccc1)(c1ccccc1)c1ccccc12. The van der Waals surface area contributed by atoms with E-state index in [-0.39, 0.29) is 16.2 Å². The minimum atomic E-state index is -0.159. The van der Waals surface area contributed by atoms with E-state index in [1.165, 1.54) is 33.4 Å². The highest BCUT2D eigenvalue weighted by Crippen LogP contribution is 2.67. The first-order chi connectivity index (χ1) is 15.1. The molecular formula is C31H28. The first kappa shape index (κ1) is 18.6. The van der Waals surface area contributed by atoms with E-state index in [1.54, 1.807) is 0 Å². The average Bonchev–Trinajstić information content (AvgIpc) is 3.26. The Labute approximate surface area is 185 Å². The molecule has 0 fully saturated rings. The van der Waals surface area contributed by atoms with Crippen molar-refractivity contribution in [3.05, 3.63) is 143 Å². The zero-order valence-corrected chi connectivity index (χ0v) is 18.3. The first-order valence-electron chi connectivity index (χ1n) is 11.4. The van der Waals surface area contributed by atoms with E-state index in [4.69, 9.17) is 0 Å². The van der Waals surface area contributed by atoms with Crippen LogP contribution in [0, 0.1) is 5.41 Å². The molecule has 0 nitrogen and oxygen atoms in total. The van der Waals surface area contributed by atoms with E-state index in [0.717, 1.165) is 12.8 Å². The molecule has 1 unspecified atom stereocenters. The summed E-state index contributed by atoms with van der Waals surface area (Å²) in [5.74, 6) is 0. The predicted molar refractivity (Wildman–Crippen MR) is 129 cm³/mol. The van der Waals surface area contributed by atoms with E-state index in [0.29, 0.717) is 0 Å². The van der Waals surface area contributed by atoms with Gasteiger partial charge < -0.3 is 0 Å². The number of hydrogen-bond acceptors (Lipinski definition) is 0. The molecule has 0 amide bonds. The number of rotatable bonds is 2. The summed E-state index contributed by atoms with van der Waals surface area (Å²) in [6, 6.07) is 40.8. The van der Waals surface area contributed by atoms with Gasteiger partial charge >= 0.3 is 0 Å². The van der Waals surface area contributed by atoms with Crippen molar-refractivity contribution in [1.29, 1.82) is 0 Å². The van der Waals surface area contributed by atoms with Gasteiger partial charge in [0.25, 0.3) is 0 Å². The summed E-state index contributed by atoms with van der Waals surface area (Å²) in [6.07, 6.45) is 2.19. The first-order valence-corrected chi connectivity index (χ1v) is 11.4. The summed E-state index contributed by atoms with van der Waals surface area (Å²) in [5.41, 5.74) is 8.78. The Balaban J connectivity index is 1.74. The van der Waals surface area contributed by atoms with Gasteiger partial charge in [0.2, 0.25) is 0 Å². The topological polar surface area (TPSA) is 0 Å². The van der Waals surface area contributed by atoms with Gasteiger partial charge in [-0.2, -0.15) is 0 Å². The molecular weight excluding hydrogens is 372 g/mol. The molecule has 2 aliphatic rings. The van der Waals surface area contributed by atoms with Gasteiger partial charge in [0, 0.05) is 10.8 Å². The third-order valence-electron chi connectivity index (χ3n) is 8.18. The van der Waals surface area contributed by atoms with Gasteiger partial charge in [-0.25, -0.2) is 0 Å². The number of benzene rings is 4. The molecule has 0 heterocycles. The highest BCUT2D eigenvalue weighted by molar-refractivity contribution is 5.66. The van der Waals surface area contributed by atoms with Gasteiger partial charge in [-0.15, -0.1) is 0 Å². The van der Waals surface area contributed by atoms with Crippen LogP contribution in [-0.4, -0.2) is 0 Å². The van der Waals surface area contributed by atoms with Crippen molar-refractivity contribution >= 4 is 0 Å². The highest BCUT2D eigenvalue weighted by Gasteiger charge is 2.62. The van der Waals surface area contributed by atoms with Crippen LogP contribution in [0.2, 0.25) is 0 Å². The molecule has 152 valence electrons. The van der Waals surface area contributed by atoms with Crippen LogP contribution in [0.3, 0.4) is 0 Å². The van der Waals surface area contributed by atoms with Crippen LogP contribution in [0.1, 0.15) is 53.6 Å². The third-order valence-corrected chi connectivity index (χ3v) is 8.18. The quantitative estimate of drug-likeness (QED) is 0.331. The molecule has 0 saturated heterocycles. The molecule has 0 aromatic heterocycles. The fraction of sp³-hybridized carbons (Fsp3) is 0.226. The van der Waals surface area contributed by atoms with Gasteiger partial charge in [-0.1, -0.05) is 123 Å². The molecule has 0 aliphatic heterocycles. The number of fused-ring (bicyclic) bond motifs is 4. The van der Waals surface area contributed by atoms with Gasteiger partial charge in [-0.05, 0) is 51.6 Å². The molecule has 4 aromatic rings. The zero-order chi connectivity index (χ0) is 21.1. The maximum Gasteiger partial charge on any atom is 0.0466 e. The van der Waals surface area contributed by atoms with Crippen LogP contribution in [0.5, 0.6) is 0 Å². The van der Waals surface area contributed by atoms with E-state index < -0.39 is 0 Å². The molecule has 1 spiro atoms. The van der Waals surface area contributed by atoms with E-state index in [9.17, 15) is 0 Å². The Morgan fingerprint density at radius 1 is 0.516 bits per heavy atom. The fourth-order valence-electron chi connectivity index (χ4n) is 6.87. The van der Waals surface area contributed by atoms with Crippen molar-refractivity contribution < 1.29 is 0 Å². The van der Waals surface area contributed by atoms with Crippen LogP contribution in [0.4, 0.5) is 0 Å². The summed E-state index contributed by atoms with van der Waals surface area (Å²) in [7, 11) is 0. The molecule has 6 rings (SSSR count). The lowest BCUT2D eigenvalue weighted by atomic mass is 9.59. The van der Waals surface area contributed by atoms with Crippen molar-refractivity contribution in [2.75, 3.05) is 0 Å². The maximum absolute atomic E-state index is 2.48. The van der Waals surface area contributed by atoms with E-state index in [2.05, 4.69) is 123 Å². The van der Waals surface area contributed by atoms with E-state index >= 15 is 0 Å². The normalized spacial score (nSPS) is 22.3. The van der Waals surface area contributed by atoms with E-state index in [1.807, 2.05) is 0 Å². The van der Waals surface area contributed by atoms with Crippen molar-refractivity contribution in [2.45, 2.75) is 37.5 Å². The van der Waals surface area contributed by atoms with Crippen LogP contribution in [0.25, 0.3) is 0 Å². The molecule has 0 bridgehead atoms. The van der Waals surface area contributed by atoms with Gasteiger partial charge in [0.15, 0.2) is 0 Å². The lowest BCUT2D eigenvalue weighted by Crippen LogP contribution is -2.40. The molecule has 1 atom stereocenters. The van der Waals surface area contributed by atoms with Gasteiger partial charge in [0.1, 0.15) is 0 Å². The van der Waals surface area contributed by atoms with Crippen LogP contribution >= 0.6 is 0 Å². The Bertz CT molecular complexity index is 1210. The van der Waals surface area contributed by atoms with Gasteiger partial charge in [0.05, 0.1) is 0 Å². The highest BCUT2D eigenvalue weighted by atomic mass is 14.6. The molecule has 0 saturated carbocycles. The fourth-order valence-corrected chi connectivity index (χ4v) is 6.87. The minimum Gasteiger partial charge on any atom is -0.0622 e. The minimum absolute atomic E-state index is 0.00807. The maximum atomic E-state index is 2.48. The largest absolute Gasteiger partial charge is 0.0622 e. The van der Waals surface area contributed by atoms with Crippen molar-refractivity contribution in [3.63, 3.8) is 0 Å². The number of hydrogen-bond donors (Lipinski definition) is 0. The smallest absolute Gasteiger partial charge is 0.0466 e. The molecule has 0 radical (unpaired) electrons. The third kappa shape index (κ3) is 2.31. The predicted octanol–water partition coefficient (Wildman–Crippen LogP) is 7.29. The summed E-state index contributed by atoms with van der Waals surface area (Å²) in [6.45, 7) is 4.96. The molecule has 4 aromatic carbocycles. The summed E-state index contributed by atoms with van der Waals surface area (Å²) in [4.78, 5) is 0. The molecule has 2 aliphatic carbocycles. The van der Waals surface area contributed by atoms with Crippen molar-refractivity contribution in [2.24, 2.45) is 5.41 Å². The molecule has 0 heteroatoms. The second kappa shape index (κ2) is 6.44. The second-order valence-corrected chi connectivity index (χ2v) is 9.98. The molecule has 31 heavy (non-hydrogen) atoms. The lowest BCUT2D eigenvalue weighted by Gasteiger charge is -2.42. The van der Waals surface area contributed by atoms with Crippen molar-refractivity contribution in [3.8, 4) is 0 Å². The Morgan fingerprint density at radius 2 is 1.00 bits per heavy atom. The van der Waals surface area contributed by atoms with Crippen LogP contribution in [-0.2, 0) is 17.3 Å². The summed E-state index contributed by atoms with van der Waals surface area (Å²) < 4.78 is 0.